The van der Waals surface area contributed by atoms with Crippen molar-refractivity contribution < 1.29 is 0 Å². The highest BCUT2D eigenvalue weighted by Crippen LogP contribution is 2.29. The van der Waals surface area contributed by atoms with Crippen molar-refractivity contribution in [1.29, 1.82) is 0 Å². The number of likely N-dealkylation sites (tertiary alicyclic amines) is 1. The molecule has 2 nitrogen and oxygen atoms in total. The highest BCUT2D eigenvalue weighted by Gasteiger charge is 2.24. The first-order valence-corrected chi connectivity index (χ1v) is 8.71. The minimum Gasteiger partial charge on any atom is -0.381 e. The highest BCUT2D eigenvalue weighted by atomic mass is 79.9. The zero-order valence-corrected chi connectivity index (χ0v) is 14.7. The number of piperidine rings is 1. The Labute approximate surface area is 136 Å². The maximum Gasteiger partial charge on any atom is 0.0487 e. The summed E-state index contributed by atoms with van der Waals surface area (Å²) in [5.74, 6) is 0.720. The molecule has 0 bridgehead atoms. The van der Waals surface area contributed by atoms with Gasteiger partial charge >= 0.3 is 0 Å². The summed E-state index contributed by atoms with van der Waals surface area (Å²) in [6, 6.07) is 6.41. The standard InChI is InChI=1S/C16H24BrClN2/c1-3-8-20-9-4-5-13(11-20)12(2)19-16-7-6-14(18)10-15(16)17/h6-7,10,12-13,19H,3-5,8-9,11H2,1-2H3. The fourth-order valence-corrected chi connectivity index (χ4v) is 3.79. The molecule has 112 valence electrons. The molecule has 1 aliphatic heterocycles. The molecular formula is C16H24BrClN2. The predicted molar refractivity (Wildman–Crippen MR) is 91.7 cm³/mol. The Bertz CT molecular complexity index is 436. The molecule has 1 fully saturated rings. The van der Waals surface area contributed by atoms with E-state index in [1.807, 2.05) is 12.1 Å². The fourth-order valence-electron chi connectivity index (χ4n) is 2.99. The van der Waals surface area contributed by atoms with E-state index in [0.29, 0.717) is 6.04 Å². The smallest absolute Gasteiger partial charge is 0.0487 e. The molecule has 1 aliphatic rings. The molecule has 0 amide bonds. The van der Waals surface area contributed by atoms with Crippen LogP contribution in [0.25, 0.3) is 0 Å². The lowest BCUT2D eigenvalue weighted by molar-refractivity contribution is 0.165. The number of nitrogens with one attached hydrogen (secondary N) is 1. The summed E-state index contributed by atoms with van der Waals surface area (Å²) in [5, 5.41) is 4.40. The molecular weight excluding hydrogens is 336 g/mol. The van der Waals surface area contributed by atoms with Gasteiger partial charge in [-0.15, -0.1) is 0 Å². The number of hydrogen-bond donors (Lipinski definition) is 1. The molecule has 20 heavy (non-hydrogen) atoms. The second-order valence-electron chi connectivity index (χ2n) is 5.76. The van der Waals surface area contributed by atoms with Crippen LogP contribution in [0, 0.1) is 5.92 Å². The van der Waals surface area contributed by atoms with Crippen LogP contribution in [0.4, 0.5) is 5.69 Å². The Morgan fingerprint density at radius 3 is 3.00 bits per heavy atom. The number of benzene rings is 1. The predicted octanol–water partition coefficient (Wildman–Crippen LogP) is 5.02. The molecule has 1 aromatic rings. The molecule has 2 rings (SSSR count). The summed E-state index contributed by atoms with van der Waals surface area (Å²) < 4.78 is 1.04. The van der Waals surface area contributed by atoms with Crippen molar-refractivity contribution in [2.75, 3.05) is 25.0 Å². The Hall–Kier alpha value is -0.250. The minimum absolute atomic E-state index is 0.479. The maximum atomic E-state index is 5.99. The molecule has 1 heterocycles. The van der Waals surface area contributed by atoms with Crippen LogP contribution >= 0.6 is 27.5 Å². The second-order valence-corrected chi connectivity index (χ2v) is 7.05. The molecule has 2 unspecified atom stereocenters. The van der Waals surface area contributed by atoms with Gasteiger partial charge in [-0.05, 0) is 79.3 Å². The molecule has 0 aromatic heterocycles. The minimum atomic E-state index is 0.479. The van der Waals surface area contributed by atoms with Crippen LogP contribution in [-0.2, 0) is 0 Å². The van der Waals surface area contributed by atoms with E-state index >= 15 is 0 Å². The van der Waals surface area contributed by atoms with Gasteiger partial charge in [0.1, 0.15) is 0 Å². The molecule has 0 spiro atoms. The topological polar surface area (TPSA) is 15.3 Å². The number of rotatable bonds is 5. The Kier molecular flexibility index (Phi) is 6.19. The van der Waals surface area contributed by atoms with Gasteiger partial charge in [0, 0.05) is 27.8 Å². The van der Waals surface area contributed by atoms with Gasteiger partial charge in [-0.1, -0.05) is 18.5 Å². The van der Waals surface area contributed by atoms with Crippen molar-refractivity contribution in [3.63, 3.8) is 0 Å². The van der Waals surface area contributed by atoms with Crippen LogP contribution < -0.4 is 5.32 Å². The highest BCUT2D eigenvalue weighted by molar-refractivity contribution is 9.10. The fraction of sp³-hybridized carbons (Fsp3) is 0.625. The maximum absolute atomic E-state index is 5.99. The van der Waals surface area contributed by atoms with E-state index in [1.54, 1.807) is 0 Å². The Morgan fingerprint density at radius 2 is 2.30 bits per heavy atom. The van der Waals surface area contributed by atoms with Gasteiger partial charge in [0.25, 0.3) is 0 Å². The van der Waals surface area contributed by atoms with E-state index in [4.69, 9.17) is 11.6 Å². The molecule has 1 saturated heterocycles. The summed E-state index contributed by atoms with van der Waals surface area (Å²) in [6.45, 7) is 8.26. The van der Waals surface area contributed by atoms with Crippen LogP contribution in [0.15, 0.2) is 22.7 Å². The summed E-state index contributed by atoms with van der Waals surface area (Å²) in [6.07, 6.45) is 3.88. The van der Waals surface area contributed by atoms with Gasteiger partial charge in [0.2, 0.25) is 0 Å². The van der Waals surface area contributed by atoms with Gasteiger partial charge in [-0.3, -0.25) is 0 Å². The van der Waals surface area contributed by atoms with Crippen LogP contribution in [0.1, 0.15) is 33.1 Å². The molecule has 1 aromatic carbocycles. The Balaban J connectivity index is 1.95. The summed E-state index contributed by atoms with van der Waals surface area (Å²) >= 11 is 9.57. The summed E-state index contributed by atoms with van der Waals surface area (Å²) in [5.41, 5.74) is 1.13. The number of halogens is 2. The van der Waals surface area contributed by atoms with Gasteiger partial charge in [0.05, 0.1) is 0 Å². The Morgan fingerprint density at radius 1 is 1.50 bits per heavy atom. The van der Waals surface area contributed by atoms with Crippen LogP contribution in [0.3, 0.4) is 0 Å². The SMILES string of the molecule is CCCN1CCCC(C(C)Nc2ccc(Cl)cc2Br)C1. The summed E-state index contributed by atoms with van der Waals surface area (Å²) in [4.78, 5) is 2.60. The first-order valence-electron chi connectivity index (χ1n) is 7.54. The van der Waals surface area contributed by atoms with E-state index in [2.05, 4.69) is 46.1 Å². The normalized spacial score (nSPS) is 21.7. The number of hydrogen-bond acceptors (Lipinski definition) is 2. The quantitative estimate of drug-likeness (QED) is 0.793. The first-order chi connectivity index (χ1) is 9.60. The van der Waals surface area contributed by atoms with E-state index in [1.165, 1.54) is 38.9 Å². The third kappa shape index (κ3) is 4.37. The number of anilines is 1. The van der Waals surface area contributed by atoms with E-state index in [9.17, 15) is 0 Å². The number of nitrogens with zero attached hydrogens (tertiary/aromatic N) is 1. The van der Waals surface area contributed by atoms with Crippen molar-refractivity contribution in [3.05, 3.63) is 27.7 Å². The van der Waals surface area contributed by atoms with Gasteiger partial charge in [-0.25, -0.2) is 0 Å². The molecule has 0 aliphatic carbocycles. The third-order valence-electron chi connectivity index (χ3n) is 4.10. The van der Waals surface area contributed by atoms with Crippen LogP contribution in [-0.4, -0.2) is 30.6 Å². The molecule has 2 atom stereocenters. The van der Waals surface area contributed by atoms with Gasteiger partial charge in [0.15, 0.2) is 0 Å². The second kappa shape index (κ2) is 7.67. The van der Waals surface area contributed by atoms with E-state index in [-0.39, 0.29) is 0 Å². The molecule has 0 radical (unpaired) electrons. The summed E-state index contributed by atoms with van der Waals surface area (Å²) in [7, 11) is 0. The lowest BCUT2D eigenvalue weighted by atomic mass is 9.91. The third-order valence-corrected chi connectivity index (χ3v) is 4.99. The van der Waals surface area contributed by atoms with Crippen molar-refractivity contribution in [1.82, 2.24) is 4.90 Å². The van der Waals surface area contributed by atoms with E-state index < -0.39 is 0 Å². The zero-order chi connectivity index (χ0) is 14.5. The van der Waals surface area contributed by atoms with Crippen molar-refractivity contribution in [2.24, 2.45) is 5.92 Å². The van der Waals surface area contributed by atoms with Crippen molar-refractivity contribution in [2.45, 2.75) is 39.2 Å². The van der Waals surface area contributed by atoms with E-state index in [0.717, 1.165) is 21.1 Å². The first kappa shape index (κ1) is 16.1. The van der Waals surface area contributed by atoms with Gasteiger partial charge < -0.3 is 10.2 Å². The molecule has 4 heteroatoms. The lowest BCUT2D eigenvalue weighted by Crippen LogP contribution is -2.42. The van der Waals surface area contributed by atoms with Crippen LogP contribution in [0.2, 0.25) is 5.02 Å². The molecule has 1 N–H and O–H groups in total. The van der Waals surface area contributed by atoms with Crippen molar-refractivity contribution >= 4 is 33.2 Å². The zero-order valence-electron chi connectivity index (χ0n) is 12.3. The van der Waals surface area contributed by atoms with Crippen LogP contribution in [0.5, 0.6) is 0 Å². The van der Waals surface area contributed by atoms with Gasteiger partial charge in [-0.2, -0.15) is 0 Å². The van der Waals surface area contributed by atoms with Crippen molar-refractivity contribution in [3.8, 4) is 0 Å². The molecule has 0 saturated carbocycles. The monoisotopic (exact) mass is 358 g/mol. The largest absolute Gasteiger partial charge is 0.381 e. The average Bonchev–Trinajstić information content (AvgIpc) is 2.42. The lowest BCUT2D eigenvalue weighted by Gasteiger charge is -2.36. The average molecular weight is 360 g/mol.